The Bertz CT molecular complexity index is 1380. The number of nitrogens with one attached hydrogen (secondary N) is 2. The number of hydrogen-bond donors (Lipinski definition) is 2. The SMILES string of the molecule is CC1=C(C(=O)Nc2ccccc2)C(c2ccccc2F)n2nc(-c3cccc(Cl)c3)nc2N1. The third-order valence-electron chi connectivity index (χ3n) is 5.41. The first kappa shape index (κ1) is 20.9. The summed E-state index contributed by atoms with van der Waals surface area (Å²) < 4.78 is 16.5. The van der Waals surface area contributed by atoms with Crippen molar-refractivity contribution in [2.45, 2.75) is 13.0 Å². The van der Waals surface area contributed by atoms with E-state index in [1.54, 1.807) is 54.1 Å². The van der Waals surface area contributed by atoms with E-state index in [-0.39, 0.29) is 5.91 Å². The molecule has 5 rings (SSSR count). The zero-order chi connectivity index (χ0) is 22.9. The number of fused-ring (bicyclic) bond motifs is 1. The summed E-state index contributed by atoms with van der Waals surface area (Å²) in [4.78, 5) is 18.0. The first-order chi connectivity index (χ1) is 16.0. The van der Waals surface area contributed by atoms with Crippen LogP contribution in [0, 0.1) is 5.82 Å². The molecular formula is C25H19ClFN5O. The summed E-state index contributed by atoms with van der Waals surface area (Å²) in [5.74, 6) is 0.0312. The lowest BCUT2D eigenvalue weighted by Gasteiger charge is -2.28. The van der Waals surface area contributed by atoms with Gasteiger partial charge in [0.2, 0.25) is 5.95 Å². The van der Waals surface area contributed by atoms with Crippen molar-refractivity contribution in [3.05, 3.63) is 107 Å². The van der Waals surface area contributed by atoms with Crippen LogP contribution in [0.3, 0.4) is 0 Å². The van der Waals surface area contributed by atoms with Crippen LogP contribution in [0.25, 0.3) is 11.4 Å². The van der Waals surface area contributed by atoms with Gasteiger partial charge in [0.15, 0.2) is 5.82 Å². The topological polar surface area (TPSA) is 71.8 Å². The van der Waals surface area contributed by atoms with Gasteiger partial charge < -0.3 is 10.6 Å². The minimum absolute atomic E-state index is 0.320. The van der Waals surface area contributed by atoms with Crippen molar-refractivity contribution < 1.29 is 9.18 Å². The number of rotatable bonds is 4. The zero-order valence-electron chi connectivity index (χ0n) is 17.6. The van der Waals surface area contributed by atoms with Gasteiger partial charge in [0, 0.05) is 27.5 Å². The van der Waals surface area contributed by atoms with E-state index >= 15 is 0 Å². The summed E-state index contributed by atoms with van der Waals surface area (Å²) in [6.07, 6.45) is 0. The average Bonchev–Trinajstić information content (AvgIpc) is 3.23. The molecule has 0 bridgehead atoms. The molecule has 0 saturated heterocycles. The highest BCUT2D eigenvalue weighted by atomic mass is 35.5. The monoisotopic (exact) mass is 459 g/mol. The third-order valence-corrected chi connectivity index (χ3v) is 5.65. The molecule has 8 heteroatoms. The first-order valence-electron chi connectivity index (χ1n) is 10.3. The van der Waals surface area contributed by atoms with Crippen LogP contribution in [0.15, 0.2) is 90.1 Å². The fourth-order valence-electron chi connectivity index (χ4n) is 3.90. The summed E-state index contributed by atoms with van der Waals surface area (Å²) in [5, 5.41) is 11.2. The van der Waals surface area contributed by atoms with Crippen molar-refractivity contribution in [3.63, 3.8) is 0 Å². The molecular weight excluding hydrogens is 441 g/mol. The second-order valence-corrected chi connectivity index (χ2v) is 8.06. The maximum absolute atomic E-state index is 15.0. The lowest BCUT2D eigenvalue weighted by atomic mass is 9.94. The van der Waals surface area contributed by atoms with E-state index in [2.05, 4.69) is 20.7 Å². The number of anilines is 2. The fourth-order valence-corrected chi connectivity index (χ4v) is 4.09. The van der Waals surface area contributed by atoms with Crippen molar-refractivity contribution >= 4 is 29.1 Å². The van der Waals surface area contributed by atoms with Crippen LogP contribution in [0.5, 0.6) is 0 Å². The predicted octanol–water partition coefficient (Wildman–Crippen LogP) is 5.67. The van der Waals surface area contributed by atoms with Gasteiger partial charge >= 0.3 is 0 Å². The molecule has 2 heterocycles. The molecule has 33 heavy (non-hydrogen) atoms. The summed E-state index contributed by atoms with van der Waals surface area (Å²) in [6, 6.07) is 21.8. The Hall–Kier alpha value is -3.97. The Balaban J connectivity index is 1.63. The molecule has 4 aromatic rings. The summed E-state index contributed by atoms with van der Waals surface area (Å²) in [6.45, 7) is 1.77. The fraction of sp³-hybridized carbons (Fsp3) is 0.0800. The van der Waals surface area contributed by atoms with Crippen LogP contribution >= 0.6 is 11.6 Å². The molecule has 1 aromatic heterocycles. The number of allylic oxidation sites excluding steroid dienone is 1. The Morgan fingerprint density at radius 1 is 1.06 bits per heavy atom. The van der Waals surface area contributed by atoms with Crippen molar-refractivity contribution in [3.8, 4) is 11.4 Å². The molecule has 0 saturated carbocycles. The number of nitrogens with zero attached hydrogens (tertiary/aromatic N) is 3. The molecule has 1 unspecified atom stereocenters. The molecule has 1 aliphatic rings. The first-order valence-corrected chi connectivity index (χ1v) is 10.7. The third kappa shape index (κ3) is 3.99. The Morgan fingerprint density at radius 3 is 2.58 bits per heavy atom. The van der Waals surface area contributed by atoms with Gasteiger partial charge in [0.1, 0.15) is 11.9 Å². The number of carbonyl (C=O) groups excluding carboxylic acids is 1. The van der Waals surface area contributed by atoms with Gasteiger partial charge in [0.25, 0.3) is 5.91 Å². The molecule has 6 nitrogen and oxygen atoms in total. The second-order valence-electron chi connectivity index (χ2n) is 7.62. The van der Waals surface area contributed by atoms with Crippen LogP contribution in [0.2, 0.25) is 5.02 Å². The van der Waals surface area contributed by atoms with Gasteiger partial charge in [-0.25, -0.2) is 9.07 Å². The molecule has 2 N–H and O–H groups in total. The summed E-state index contributed by atoms with van der Waals surface area (Å²) >= 11 is 6.14. The molecule has 164 valence electrons. The number of hydrogen-bond acceptors (Lipinski definition) is 4. The van der Waals surface area contributed by atoms with E-state index in [0.29, 0.717) is 44.9 Å². The highest BCUT2D eigenvalue weighted by Gasteiger charge is 2.35. The van der Waals surface area contributed by atoms with Crippen LogP contribution in [-0.2, 0) is 4.79 Å². The van der Waals surface area contributed by atoms with E-state index in [4.69, 9.17) is 11.6 Å². The Kier molecular flexibility index (Phi) is 5.40. The molecule has 1 atom stereocenters. The predicted molar refractivity (Wildman–Crippen MR) is 126 cm³/mol. The number of benzene rings is 3. The van der Waals surface area contributed by atoms with Crippen molar-refractivity contribution in [1.82, 2.24) is 14.8 Å². The lowest BCUT2D eigenvalue weighted by molar-refractivity contribution is -0.113. The van der Waals surface area contributed by atoms with E-state index in [1.807, 2.05) is 30.3 Å². The number of para-hydroxylation sites is 1. The Morgan fingerprint density at radius 2 is 1.82 bits per heavy atom. The molecule has 0 radical (unpaired) electrons. The molecule has 1 aliphatic heterocycles. The van der Waals surface area contributed by atoms with Gasteiger partial charge in [-0.2, -0.15) is 4.98 Å². The van der Waals surface area contributed by atoms with Gasteiger partial charge in [-0.05, 0) is 37.3 Å². The van der Waals surface area contributed by atoms with E-state index in [0.717, 1.165) is 0 Å². The standard InChI is InChI=1S/C25H19ClFN5O/c1-15-21(24(33)29-18-10-3-2-4-11-18)22(19-12-5-6-13-20(19)27)32-25(28-15)30-23(31-32)16-8-7-9-17(26)14-16/h2-14,22H,1H3,(H,29,33)(H,28,30,31). The molecule has 0 spiro atoms. The van der Waals surface area contributed by atoms with E-state index < -0.39 is 11.9 Å². The number of halogens is 2. The highest BCUT2D eigenvalue weighted by molar-refractivity contribution is 6.30. The summed E-state index contributed by atoms with van der Waals surface area (Å²) in [5.41, 5.74) is 2.58. The lowest BCUT2D eigenvalue weighted by Crippen LogP contribution is -2.32. The minimum atomic E-state index is -0.813. The molecule has 0 aliphatic carbocycles. The highest BCUT2D eigenvalue weighted by Crippen LogP contribution is 2.37. The number of amides is 1. The maximum Gasteiger partial charge on any atom is 0.255 e. The normalized spacial score (nSPS) is 15.1. The number of carbonyl (C=O) groups is 1. The largest absolute Gasteiger partial charge is 0.328 e. The Labute approximate surface area is 194 Å². The average molecular weight is 460 g/mol. The maximum atomic E-state index is 15.0. The van der Waals surface area contributed by atoms with Crippen molar-refractivity contribution in [1.29, 1.82) is 0 Å². The minimum Gasteiger partial charge on any atom is -0.328 e. The zero-order valence-corrected chi connectivity index (χ0v) is 18.3. The van der Waals surface area contributed by atoms with Crippen LogP contribution in [0.1, 0.15) is 18.5 Å². The van der Waals surface area contributed by atoms with Crippen LogP contribution in [0.4, 0.5) is 16.0 Å². The number of aromatic nitrogens is 3. The van der Waals surface area contributed by atoms with E-state index in [1.165, 1.54) is 6.07 Å². The van der Waals surface area contributed by atoms with Crippen molar-refractivity contribution in [2.24, 2.45) is 0 Å². The van der Waals surface area contributed by atoms with Gasteiger partial charge in [-0.3, -0.25) is 4.79 Å². The van der Waals surface area contributed by atoms with Gasteiger partial charge in [-0.1, -0.05) is 60.1 Å². The van der Waals surface area contributed by atoms with Gasteiger partial charge in [-0.15, -0.1) is 5.10 Å². The quantitative estimate of drug-likeness (QED) is 0.412. The van der Waals surface area contributed by atoms with Crippen LogP contribution < -0.4 is 10.6 Å². The van der Waals surface area contributed by atoms with Crippen molar-refractivity contribution in [2.75, 3.05) is 10.6 Å². The van der Waals surface area contributed by atoms with Gasteiger partial charge in [0.05, 0.1) is 5.57 Å². The second kappa shape index (κ2) is 8.52. The molecule has 3 aromatic carbocycles. The summed E-state index contributed by atoms with van der Waals surface area (Å²) in [7, 11) is 0. The van der Waals surface area contributed by atoms with Crippen LogP contribution in [-0.4, -0.2) is 20.7 Å². The molecule has 0 fully saturated rings. The molecule has 1 amide bonds. The smallest absolute Gasteiger partial charge is 0.255 e. The van der Waals surface area contributed by atoms with E-state index in [9.17, 15) is 9.18 Å².